The third-order valence-corrected chi connectivity index (χ3v) is 6.13. The first-order valence-corrected chi connectivity index (χ1v) is 11.3. The Balaban J connectivity index is 1.38. The van der Waals surface area contributed by atoms with E-state index in [1.165, 1.54) is 0 Å². The van der Waals surface area contributed by atoms with Crippen LogP contribution in [0.2, 0.25) is 5.02 Å². The zero-order chi connectivity index (χ0) is 23.4. The van der Waals surface area contributed by atoms with E-state index < -0.39 is 0 Å². The summed E-state index contributed by atoms with van der Waals surface area (Å²) in [6.45, 7) is 4.65. The molecule has 3 N–H and O–H groups in total. The highest BCUT2D eigenvalue weighted by atomic mass is 35.5. The number of nitrogens with zero attached hydrogens (tertiary/aromatic N) is 2. The van der Waals surface area contributed by atoms with Gasteiger partial charge in [-0.2, -0.15) is 0 Å². The van der Waals surface area contributed by atoms with Crippen molar-refractivity contribution in [1.82, 2.24) is 4.90 Å². The third kappa shape index (κ3) is 5.35. The van der Waals surface area contributed by atoms with Crippen LogP contribution in [0.25, 0.3) is 0 Å². The molecule has 3 aromatic carbocycles. The van der Waals surface area contributed by atoms with E-state index >= 15 is 0 Å². The number of ketones is 1. The number of aryl methyl sites for hydroxylation is 1. The molecule has 1 saturated heterocycles. The molecule has 1 heterocycles. The van der Waals surface area contributed by atoms with Gasteiger partial charge >= 0.3 is 0 Å². The zero-order valence-corrected chi connectivity index (χ0v) is 19.3. The molecule has 0 unspecified atom stereocenters. The SMILES string of the molecule is Cc1cc(N2CCN(C(=O)COc3ccc(Cl)cc3C(=O)c3ccccc3)CC2)ccc1[NH3+]. The van der Waals surface area contributed by atoms with Crippen molar-refractivity contribution in [2.45, 2.75) is 6.92 Å². The standard InChI is InChI=1S/C26H26ClN3O3/c1-18-15-21(8-9-23(18)28)29-11-13-30(14-12-29)25(31)17-33-24-10-7-20(27)16-22(24)26(32)19-5-3-2-4-6-19/h2-10,15-16H,11-14,17,28H2,1H3/p+1. The predicted octanol–water partition coefficient (Wildman–Crippen LogP) is 3.48. The molecule has 33 heavy (non-hydrogen) atoms. The van der Waals surface area contributed by atoms with Crippen molar-refractivity contribution in [3.63, 3.8) is 0 Å². The maximum absolute atomic E-state index is 12.9. The van der Waals surface area contributed by atoms with Crippen molar-refractivity contribution in [1.29, 1.82) is 0 Å². The van der Waals surface area contributed by atoms with Gasteiger partial charge in [0, 0.05) is 54.1 Å². The van der Waals surface area contributed by atoms with E-state index in [9.17, 15) is 9.59 Å². The number of anilines is 1. The smallest absolute Gasteiger partial charge is 0.260 e. The maximum atomic E-state index is 12.9. The van der Waals surface area contributed by atoms with Crippen LogP contribution in [-0.2, 0) is 4.79 Å². The summed E-state index contributed by atoms with van der Waals surface area (Å²) in [6.07, 6.45) is 0. The number of halogens is 1. The second-order valence-corrected chi connectivity index (χ2v) is 8.54. The molecule has 1 aliphatic rings. The van der Waals surface area contributed by atoms with Crippen molar-refractivity contribution < 1.29 is 20.1 Å². The molecule has 1 amide bonds. The minimum absolute atomic E-state index is 0.105. The van der Waals surface area contributed by atoms with E-state index in [0.717, 1.165) is 30.0 Å². The van der Waals surface area contributed by atoms with Crippen LogP contribution in [0, 0.1) is 6.92 Å². The van der Waals surface area contributed by atoms with Crippen molar-refractivity contribution in [2.24, 2.45) is 0 Å². The van der Waals surface area contributed by atoms with Crippen LogP contribution < -0.4 is 15.4 Å². The van der Waals surface area contributed by atoms with Crippen molar-refractivity contribution in [2.75, 3.05) is 37.7 Å². The molecule has 0 aromatic heterocycles. The van der Waals surface area contributed by atoms with Crippen LogP contribution in [0.5, 0.6) is 5.75 Å². The van der Waals surface area contributed by atoms with Crippen molar-refractivity contribution in [3.05, 3.63) is 88.4 Å². The topological polar surface area (TPSA) is 77.5 Å². The van der Waals surface area contributed by atoms with E-state index in [2.05, 4.69) is 29.7 Å². The van der Waals surface area contributed by atoms with Gasteiger partial charge in [0.2, 0.25) is 0 Å². The first-order chi connectivity index (χ1) is 15.9. The normalized spacial score (nSPS) is 13.7. The second-order valence-electron chi connectivity index (χ2n) is 8.10. The van der Waals surface area contributed by atoms with Crippen LogP contribution in [0.1, 0.15) is 21.5 Å². The predicted molar refractivity (Wildman–Crippen MR) is 129 cm³/mol. The first-order valence-electron chi connectivity index (χ1n) is 10.9. The van der Waals surface area contributed by atoms with Crippen LogP contribution in [0.3, 0.4) is 0 Å². The Morgan fingerprint density at radius 1 is 0.970 bits per heavy atom. The van der Waals surface area contributed by atoms with Crippen LogP contribution in [-0.4, -0.2) is 49.4 Å². The lowest BCUT2D eigenvalue weighted by Crippen LogP contribution is -2.50. The lowest BCUT2D eigenvalue weighted by molar-refractivity contribution is -0.255. The summed E-state index contributed by atoms with van der Waals surface area (Å²) in [5, 5.41) is 0.436. The molecule has 0 bridgehead atoms. The fourth-order valence-corrected chi connectivity index (χ4v) is 4.04. The lowest BCUT2D eigenvalue weighted by atomic mass is 10.0. The fraction of sp³-hybridized carbons (Fsp3) is 0.231. The van der Waals surface area contributed by atoms with E-state index in [1.54, 1.807) is 47.4 Å². The second kappa shape index (κ2) is 10.1. The van der Waals surface area contributed by atoms with Gasteiger partial charge in [-0.15, -0.1) is 0 Å². The van der Waals surface area contributed by atoms with Gasteiger partial charge in [0.15, 0.2) is 12.4 Å². The van der Waals surface area contributed by atoms with Gasteiger partial charge in [-0.1, -0.05) is 41.9 Å². The van der Waals surface area contributed by atoms with E-state index in [1.807, 2.05) is 12.1 Å². The van der Waals surface area contributed by atoms with Crippen LogP contribution in [0.4, 0.5) is 11.4 Å². The third-order valence-electron chi connectivity index (χ3n) is 5.90. The average Bonchev–Trinajstić information content (AvgIpc) is 2.85. The number of benzene rings is 3. The minimum Gasteiger partial charge on any atom is -0.483 e. The minimum atomic E-state index is -0.197. The molecular weight excluding hydrogens is 438 g/mol. The average molecular weight is 465 g/mol. The van der Waals surface area contributed by atoms with Gasteiger partial charge in [0.05, 0.1) is 5.56 Å². The first kappa shape index (κ1) is 22.8. The fourth-order valence-electron chi connectivity index (χ4n) is 3.87. The number of piperazine rings is 1. The molecule has 6 nitrogen and oxygen atoms in total. The number of rotatable bonds is 6. The van der Waals surface area contributed by atoms with Gasteiger partial charge in [-0.05, 0) is 37.3 Å². The van der Waals surface area contributed by atoms with Gasteiger partial charge in [0.1, 0.15) is 11.4 Å². The van der Waals surface area contributed by atoms with E-state index in [4.69, 9.17) is 16.3 Å². The Morgan fingerprint density at radius 2 is 1.70 bits per heavy atom. The highest BCUT2D eigenvalue weighted by molar-refractivity contribution is 6.31. The monoisotopic (exact) mass is 464 g/mol. The largest absolute Gasteiger partial charge is 0.483 e. The summed E-state index contributed by atoms with van der Waals surface area (Å²) >= 11 is 6.12. The van der Waals surface area contributed by atoms with Crippen molar-refractivity contribution in [3.8, 4) is 5.75 Å². The summed E-state index contributed by atoms with van der Waals surface area (Å²) in [4.78, 5) is 29.8. The Bertz CT molecular complexity index is 1160. The molecule has 1 fully saturated rings. The van der Waals surface area contributed by atoms with Crippen LogP contribution >= 0.6 is 11.6 Å². The molecular formula is C26H27ClN3O3+. The summed E-state index contributed by atoms with van der Waals surface area (Å²) in [7, 11) is 0. The molecule has 7 heteroatoms. The molecule has 3 aromatic rings. The van der Waals surface area contributed by atoms with E-state index in [0.29, 0.717) is 35.0 Å². The summed E-state index contributed by atoms with van der Waals surface area (Å²) < 4.78 is 5.80. The van der Waals surface area contributed by atoms with Gasteiger partial charge in [0.25, 0.3) is 5.91 Å². The molecule has 4 rings (SSSR count). The number of hydrogen-bond acceptors (Lipinski definition) is 4. The highest BCUT2D eigenvalue weighted by Crippen LogP contribution is 2.26. The quantitative estimate of drug-likeness (QED) is 0.566. The maximum Gasteiger partial charge on any atom is 0.260 e. The lowest BCUT2D eigenvalue weighted by Gasteiger charge is -2.36. The Morgan fingerprint density at radius 3 is 2.39 bits per heavy atom. The number of carbonyl (C=O) groups excluding carboxylic acids is 2. The summed E-state index contributed by atoms with van der Waals surface area (Å²) in [5.74, 6) is 0.0498. The Hall–Kier alpha value is -3.35. The summed E-state index contributed by atoms with van der Waals surface area (Å²) in [5.41, 5.74) is 8.22. The van der Waals surface area contributed by atoms with E-state index in [-0.39, 0.29) is 18.3 Å². The van der Waals surface area contributed by atoms with Gasteiger partial charge in [-0.3, -0.25) is 9.59 Å². The zero-order valence-electron chi connectivity index (χ0n) is 18.6. The molecule has 0 radical (unpaired) electrons. The number of quaternary nitrogens is 1. The number of hydrogen-bond donors (Lipinski definition) is 1. The Labute approximate surface area is 198 Å². The molecule has 0 atom stereocenters. The number of carbonyl (C=O) groups is 2. The van der Waals surface area contributed by atoms with Crippen molar-refractivity contribution >= 4 is 34.7 Å². The molecule has 170 valence electrons. The molecule has 0 spiro atoms. The molecule has 0 saturated carbocycles. The number of ether oxygens (including phenoxy) is 1. The van der Waals surface area contributed by atoms with Gasteiger partial charge in [-0.25, -0.2) is 0 Å². The van der Waals surface area contributed by atoms with Gasteiger partial charge < -0.3 is 20.3 Å². The number of amides is 1. The molecule has 0 aliphatic carbocycles. The highest BCUT2D eigenvalue weighted by Gasteiger charge is 2.23. The molecule has 1 aliphatic heterocycles. The Kier molecular flexibility index (Phi) is 6.96. The van der Waals surface area contributed by atoms with Crippen LogP contribution in [0.15, 0.2) is 66.7 Å². The summed E-state index contributed by atoms with van der Waals surface area (Å²) in [6, 6.07) is 20.0.